The van der Waals surface area contributed by atoms with Gasteiger partial charge in [-0.15, -0.1) is 10.2 Å². The molecule has 1 fully saturated rings. The van der Waals surface area contributed by atoms with Crippen LogP contribution in [-0.2, 0) is 19.6 Å². The molecule has 0 unspecified atom stereocenters. The zero-order valence-electron chi connectivity index (χ0n) is 18.4. The lowest BCUT2D eigenvalue weighted by Crippen LogP contribution is -2.40. The lowest BCUT2D eigenvalue weighted by molar-refractivity contribution is -0.113. The first-order valence-corrected chi connectivity index (χ1v) is 12.9. The molecule has 174 valence electrons. The number of thioether (sulfide) groups is 1. The van der Waals surface area contributed by atoms with Crippen LogP contribution in [0.2, 0.25) is 0 Å². The van der Waals surface area contributed by atoms with Crippen molar-refractivity contribution in [3.05, 3.63) is 59.9 Å². The van der Waals surface area contributed by atoms with Crippen LogP contribution in [0.25, 0.3) is 5.69 Å². The molecule has 0 spiro atoms. The van der Waals surface area contributed by atoms with Gasteiger partial charge in [-0.3, -0.25) is 9.36 Å². The van der Waals surface area contributed by atoms with Gasteiger partial charge in [0.05, 0.1) is 23.9 Å². The minimum absolute atomic E-state index is 0.102. The van der Waals surface area contributed by atoms with E-state index in [2.05, 4.69) is 15.5 Å². The number of para-hydroxylation sites is 1. The molecule has 1 N–H and O–H groups in total. The summed E-state index contributed by atoms with van der Waals surface area (Å²) in [5.41, 5.74) is 2.16. The number of rotatable bonds is 7. The maximum absolute atomic E-state index is 13.0. The normalized spacial score (nSPS) is 14.8. The van der Waals surface area contributed by atoms with Crippen LogP contribution in [-0.4, -0.2) is 65.5 Å². The third kappa shape index (κ3) is 5.27. The molecule has 1 aliphatic rings. The predicted molar refractivity (Wildman–Crippen MR) is 126 cm³/mol. The number of ether oxygens (including phenoxy) is 1. The van der Waals surface area contributed by atoms with E-state index in [1.54, 1.807) is 12.1 Å². The van der Waals surface area contributed by atoms with E-state index >= 15 is 0 Å². The molecular weight excluding hydrogens is 462 g/mol. The lowest BCUT2D eigenvalue weighted by Gasteiger charge is -2.26. The van der Waals surface area contributed by atoms with Gasteiger partial charge in [-0.1, -0.05) is 36.0 Å². The van der Waals surface area contributed by atoms with Crippen molar-refractivity contribution in [3.8, 4) is 5.69 Å². The largest absolute Gasteiger partial charge is 0.379 e. The van der Waals surface area contributed by atoms with Gasteiger partial charge in [0.15, 0.2) is 5.16 Å². The van der Waals surface area contributed by atoms with Crippen LogP contribution >= 0.6 is 11.8 Å². The highest BCUT2D eigenvalue weighted by molar-refractivity contribution is 7.99. The molecule has 1 amide bonds. The van der Waals surface area contributed by atoms with Crippen LogP contribution in [0.1, 0.15) is 11.4 Å². The number of carbonyl (C=O) groups excluding carboxylic acids is 1. The zero-order chi connectivity index (χ0) is 23.4. The Morgan fingerprint density at radius 2 is 1.82 bits per heavy atom. The van der Waals surface area contributed by atoms with Crippen molar-refractivity contribution < 1.29 is 17.9 Å². The van der Waals surface area contributed by atoms with Gasteiger partial charge in [0.25, 0.3) is 0 Å². The van der Waals surface area contributed by atoms with Gasteiger partial charge in [0.2, 0.25) is 15.9 Å². The van der Waals surface area contributed by atoms with Crippen LogP contribution in [0.5, 0.6) is 0 Å². The Hall–Kier alpha value is -2.73. The second-order valence-corrected chi connectivity index (χ2v) is 10.4. The van der Waals surface area contributed by atoms with Gasteiger partial charge in [-0.05, 0) is 43.7 Å². The Morgan fingerprint density at radius 1 is 1.09 bits per heavy atom. The monoisotopic (exact) mass is 487 g/mol. The lowest BCUT2D eigenvalue weighted by atomic mass is 10.2. The number of anilines is 1. The van der Waals surface area contributed by atoms with Crippen molar-refractivity contribution in [1.29, 1.82) is 0 Å². The fourth-order valence-corrected chi connectivity index (χ4v) is 5.69. The van der Waals surface area contributed by atoms with E-state index in [9.17, 15) is 13.2 Å². The van der Waals surface area contributed by atoms with Crippen molar-refractivity contribution in [2.24, 2.45) is 0 Å². The number of nitrogens with one attached hydrogen (secondary N) is 1. The first kappa shape index (κ1) is 23.4. The topological polar surface area (TPSA) is 106 Å². The third-order valence-corrected chi connectivity index (χ3v) is 8.06. The summed E-state index contributed by atoms with van der Waals surface area (Å²) in [6, 6.07) is 14.5. The van der Waals surface area contributed by atoms with E-state index in [0.29, 0.717) is 37.1 Å². The molecule has 0 aliphatic carbocycles. The Bertz CT molecular complexity index is 1240. The second kappa shape index (κ2) is 10.0. The minimum atomic E-state index is -3.65. The van der Waals surface area contributed by atoms with Gasteiger partial charge < -0.3 is 10.1 Å². The SMILES string of the molecule is Cc1ccc(S(=O)(=O)N2CCOCC2)cc1NC(=O)CSc1nnc(C)n1-c1ccccc1. The summed E-state index contributed by atoms with van der Waals surface area (Å²) in [5.74, 6) is 0.565. The zero-order valence-corrected chi connectivity index (χ0v) is 20.0. The summed E-state index contributed by atoms with van der Waals surface area (Å²) < 4.78 is 34.5. The predicted octanol–water partition coefficient (Wildman–Crippen LogP) is 2.64. The van der Waals surface area contributed by atoms with Crippen LogP contribution in [0.15, 0.2) is 58.6 Å². The maximum Gasteiger partial charge on any atom is 0.243 e. The fourth-order valence-electron chi connectivity index (χ4n) is 3.46. The van der Waals surface area contributed by atoms with Crippen molar-refractivity contribution in [3.63, 3.8) is 0 Å². The van der Waals surface area contributed by atoms with Gasteiger partial charge in [-0.2, -0.15) is 4.31 Å². The number of aryl methyl sites for hydroxylation is 2. The minimum Gasteiger partial charge on any atom is -0.379 e. The Balaban J connectivity index is 1.46. The molecule has 0 bridgehead atoms. The molecular formula is C22H25N5O4S2. The first-order valence-electron chi connectivity index (χ1n) is 10.4. The molecule has 4 rings (SSSR count). The second-order valence-electron chi connectivity index (χ2n) is 7.53. The summed E-state index contributed by atoms with van der Waals surface area (Å²) in [5, 5.41) is 11.8. The number of nitrogens with zero attached hydrogens (tertiary/aromatic N) is 4. The Morgan fingerprint density at radius 3 is 2.55 bits per heavy atom. The Labute approximate surface area is 197 Å². The summed E-state index contributed by atoms with van der Waals surface area (Å²) in [6.07, 6.45) is 0. The van der Waals surface area contributed by atoms with Gasteiger partial charge in [0.1, 0.15) is 5.82 Å². The van der Waals surface area contributed by atoms with Crippen molar-refractivity contribution >= 4 is 33.4 Å². The highest BCUT2D eigenvalue weighted by Crippen LogP contribution is 2.25. The molecule has 0 saturated carbocycles. The van der Waals surface area contributed by atoms with E-state index in [4.69, 9.17) is 4.74 Å². The fraction of sp³-hybridized carbons (Fsp3) is 0.318. The number of morpholine rings is 1. The van der Waals surface area contributed by atoms with E-state index in [-0.39, 0.29) is 16.6 Å². The molecule has 9 nitrogen and oxygen atoms in total. The summed E-state index contributed by atoms with van der Waals surface area (Å²) >= 11 is 1.27. The van der Waals surface area contributed by atoms with Crippen LogP contribution in [0.4, 0.5) is 5.69 Å². The van der Waals surface area contributed by atoms with Crippen molar-refractivity contribution in [2.45, 2.75) is 23.9 Å². The molecule has 1 aromatic heterocycles. The number of amides is 1. The average molecular weight is 488 g/mol. The molecule has 0 radical (unpaired) electrons. The third-order valence-electron chi connectivity index (χ3n) is 5.23. The first-order chi connectivity index (χ1) is 15.9. The summed E-state index contributed by atoms with van der Waals surface area (Å²) in [6.45, 7) is 5.06. The van der Waals surface area contributed by atoms with E-state index in [1.165, 1.54) is 22.1 Å². The molecule has 2 aromatic carbocycles. The number of hydrogen-bond donors (Lipinski definition) is 1. The number of sulfonamides is 1. The molecule has 11 heteroatoms. The smallest absolute Gasteiger partial charge is 0.243 e. The van der Waals surface area contributed by atoms with E-state index < -0.39 is 10.0 Å². The maximum atomic E-state index is 13.0. The van der Waals surface area contributed by atoms with Crippen LogP contribution in [0.3, 0.4) is 0 Å². The summed E-state index contributed by atoms with van der Waals surface area (Å²) in [4.78, 5) is 12.8. The number of hydrogen-bond acceptors (Lipinski definition) is 7. The van der Waals surface area contributed by atoms with E-state index in [1.807, 2.05) is 48.7 Å². The number of carbonyl (C=O) groups is 1. The number of benzene rings is 2. The van der Waals surface area contributed by atoms with Gasteiger partial charge in [-0.25, -0.2) is 8.42 Å². The molecule has 0 atom stereocenters. The quantitative estimate of drug-likeness (QED) is 0.511. The van der Waals surface area contributed by atoms with Crippen molar-refractivity contribution in [2.75, 3.05) is 37.4 Å². The molecule has 33 heavy (non-hydrogen) atoms. The van der Waals surface area contributed by atoms with Gasteiger partial charge >= 0.3 is 0 Å². The van der Waals surface area contributed by atoms with Gasteiger partial charge in [0, 0.05) is 24.5 Å². The van der Waals surface area contributed by atoms with Crippen LogP contribution < -0.4 is 5.32 Å². The molecule has 3 aromatic rings. The molecule has 1 saturated heterocycles. The van der Waals surface area contributed by atoms with Crippen molar-refractivity contribution in [1.82, 2.24) is 19.1 Å². The molecule has 1 aliphatic heterocycles. The van der Waals surface area contributed by atoms with E-state index in [0.717, 1.165) is 17.1 Å². The average Bonchev–Trinajstić information content (AvgIpc) is 3.20. The Kier molecular flexibility index (Phi) is 7.13. The highest BCUT2D eigenvalue weighted by atomic mass is 32.2. The van der Waals surface area contributed by atoms with Crippen LogP contribution in [0, 0.1) is 13.8 Å². The standard InChI is InChI=1S/C22H25N5O4S2/c1-16-8-9-19(33(29,30)26-10-12-31-13-11-26)14-20(16)23-21(28)15-32-22-25-24-17(2)27(22)18-6-4-3-5-7-18/h3-9,14H,10-13,15H2,1-2H3,(H,23,28). The highest BCUT2D eigenvalue weighted by Gasteiger charge is 2.27. The molecule has 2 heterocycles. The number of aromatic nitrogens is 3. The summed E-state index contributed by atoms with van der Waals surface area (Å²) in [7, 11) is -3.65.